The molecule has 0 saturated heterocycles. The van der Waals surface area contributed by atoms with Crippen LogP contribution in [0.25, 0.3) is 0 Å². The second kappa shape index (κ2) is 4.11. The van der Waals surface area contributed by atoms with Gasteiger partial charge in [0, 0.05) is 19.6 Å². The van der Waals surface area contributed by atoms with Crippen LogP contribution < -0.4 is 5.73 Å². The highest BCUT2D eigenvalue weighted by atomic mass is 16.5. The molecular weight excluding hydrogens is 132 g/mol. The number of amides is 1. The minimum atomic E-state index is -0.350. The molecule has 0 rings (SSSR count). The fourth-order valence-corrected chi connectivity index (χ4v) is 0.662. The van der Waals surface area contributed by atoms with Crippen LogP contribution in [0.5, 0.6) is 0 Å². The van der Waals surface area contributed by atoms with Gasteiger partial charge in [-0.1, -0.05) is 0 Å². The second-order valence-electron chi connectivity index (χ2n) is 2.33. The van der Waals surface area contributed by atoms with E-state index in [0.717, 1.165) is 0 Å². The molecule has 1 unspecified atom stereocenters. The fraction of sp³-hybridized carbons (Fsp3) is 0.833. The molecule has 1 atom stereocenters. The van der Waals surface area contributed by atoms with Crippen LogP contribution >= 0.6 is 0 Å². The minimum absolute atomic E-state index is 0.0101. The lowest BCUT2D eigenvalue weighted by atomic mass is 10.3. The van der Waals surface area contributed by atoms with E-state index in [1.807, 2.05) is 6.92 Å². The number of nitrogens with two attached hydrogens (primary N) is 1. The van der Waals surface area contributed by atoms with Crippen LogP contribution in [0.15, 0.2) is 0 Å². The van der Waals surface area contributed by atoms with Crippen LogP contribution in [0.4, 0.5) is 4.79 Å². The largest absolute Gasteiger partial charge is 0.453 e. The highest BCUT2D eigenvalue weighted by Gasteiger charge is 2.08. The summed E-state index contributed by atoms with van der Waals surface area (Å²) in [4.78, 5) is 12.1. The number of likely N-dealkylation sites (N-methyl/N-ethyl adjacent to an activating group) is 1. The summed E-state index contributed by atoms with van der Waals surface area (Å²) in [7, 11) is 3.00. The SMILES string of the molecule is COC(=O)N(C)CC(C)N. The van der Waals surface area contributed by atoms with Crippen molar-refractivity contribution in [3.05, 3.63) is 0 Å². The first-order valence-corrected chi connectivity index (χ1v) is 3.12. The van der Waals surface area contributed by atoms with Crippen LogP contribution in [0, 0.1) is 0 Å². The molecule has 0 saturated carbocycles. The Balaban J connectivity index is 3.61. The van der Waals surface area contributed by atoms with E-state index in [0.29, 0.717) is 6.54 Å². The van der Waals surface area contributed by atoms with Gasteiger partial charge >= 0.3 is 6.09 Å². The van der Waals surface area contributed by atoms with Crippen molar-refractivity contribution >= 4 is 6.09 Å². The molecule has 0 aromatic heterocycles. The van der Waals surface area contributed by atoms with Crippen molar-refractivity contribution in [2.75, 3.05) is 20.7 Å². The van der Waals surface area contributed by atoms with Gasteiger partial charge in [-0.25, -0.2) is 4.79 Å². The van der Waals surface area contributed by atoms with E-state index < -0.39 is 0 Å². The number of nitrogens with zero attached hydrogens (tertiary/aromatic N) is 1. The smallest absolute Gasteiger partial charge is 0.409 e. The van der Waals surface area contributed by atoms with Crippen LogP contribution in [-0.2, 0) is 4.74 Å². The van der Waals surface area contributed by atoms with Gasteiger partial charge in [-0.2, -0.15) is 0 Å². The Morgan fingerprint density at radius 1 is 1.80 bits per heavy atom. The average Bonchev–Trinajstić information content (AvgIpc) is 1.85. The molecule has 4 heteroatoms. The summed E-state index contributed by atoms with van der Waals surface area (Å²) in [6.45, 7) is 2.35. The molecule has 60 valence electrons. The summed E-state index contributed by atoms with van der Waals surface area (Å²) >= 11 is 0. The molecule has 10 heavy (non-hydrogen) atoms. The van der Waals surface area contributed by atoms with Crippen LogP contribution in [0.2, 0.25) is 0 Å². The van der Waals surface area contributed by atoms with Crippen LogP contribution in [-0.4, -0.2) is 37.7 Å². The number of methoxy groups -OCH3 is 1. The molecule has 0 fully saturated rings. The first-order valence-electron chi connectivity index (χ1n) is 3.12. The Hall–Kier alpha value is -0.770. The summed E-state index contributed by atoms with van der Waals surface area (Å²) in [6, 6.07) is -0.0101. The third-order valence-corrected chi connectivity index (χ3v) is 1.05. The molecule has 0 bridgehead atoms. The lowest BCUT2D eigenvalue weighted by Crippen LogP contribution is -2.36. The van der Waals surface area contributed by atoms with E-state index in [1.54, 1.807) is 7.05 Å². The van der Waals surface area contributed by atoms with Gasteiger partial charge in [0.1, 0.15) is 0 Å². The normalized spacial score (nSPS) is 12.4. The van der Waals surface area contributed by atoms with Gasteiger partial charge in [-0.3, -0.25) is 0 Å². The van der Waals surface area contributed by atoms with Gasteiger partial charge in [-0.15, -0.1) is 0 Å². The first kappa shape index (κ1) is 9.23. The molecular formula is C6H14N2O2. The molecule has 0 aliphatic rings. The quantitative estimate of drug-likeness (QED) is 0.598. The van der Waals surface area contributed by atoms with Gasteiger partial charge in [0.15, 0.2) is 0 Å². The van der Waals surface area contributed by atoms with Gasteiger partial charge in [-0.05, 0) is 6.92 Å². The predicted molar refractivity (Wildman–Crippen MR) is 38.7 cm³/mol. The number of carbonyl (C=O) groups is 1. The van der Waals surface area contributed by atoms with Gasteiger partial charge in [0.25, 0.3) is 0 Å². The lowest BCUT2D eigenvalue weighted by Gasteiger charge is -2.16. The molecule has 0 aliphatic heterocycles. The van der Waals surface area contributed by atoms with Crippen molar-refractivity contribution in [1.29, 1.82) is 0 Å². The van der Waals surface area contributed by atoms with Crippen LogP contribution in [0.3, 0.4) is 0 Å². The number of rotatable bonds is 2. The number of hydrogen-bond donors (Lipinski definition) is 1. The monoisotopic (exact) mass is 146 g/mol. The van der Waals surface area contributed by atoms with Crippen molar-refractivity contribution < 1.29 is 9.53 Å². The van der Waals surface area contributed by atoms with E-state index in [2.05, 4.69) is 4.74 Å². The number of hydrogen-bond acceptors (Lipinski definition) is 3. The molecule has 0 spiro atoms. The zero-order valence-electron chi connectivity index (χ0n) is 6.63. The van der Waals surface area contributed by atoms with Gasteiger partial charge in [0.2, 0.25) is 0 Å². The molecule has 2 N–H and O–H groups in total. The summed E-state index contributed by atoms with van der Waals surface area (Å²) in [5, 5.41) is 0. The Morgan fingerprint density at radius 3 is 2.60 bits per heavy atom. The molecule has 0 aliphatic carbocycles. The molecule has 4 nitrogen and oxygen atoms in total. The third kappa shape index (κ3) is 3.29. The number of carbonyl (C=O) groups excluding carboxylic acids is 1. The predicted octanol–water partition coefficient (Wildman–Crippen LogP) is 0.0318. The molecule has 0 aromatic carbocycles. The molecule has 1 amide bonds. The maximum atomic E-state index is 10.7. The van der Waals surface area contributed by atoms with Crippen LogP contribution in [0.1, 0.15) is 6.92 Å². The van der Waals surface area contributed by atoms with Crippen molar-refractivity contribution in [2.24, 2.45) is 5.73 Å². The summed E-state index contributed by atoms with van der Waals surface area (Å²) in [5.41, 5.74) is 5.44. The minimum Gasteiger partial charge on any atom is -0.453 e. The Labute approximate surface area is 60.9 Å². The maximum absolute atomic E-state index is 10.7. The van der Waals surface area contributed by atoms with Crippen molar-refractivity contribution in [3.63, 3.8) is 0 Å². The molecule has 0 radical (unpaired) electrons. The number of ether oxygens (including phenoxy) is 1. The Bertz CT molecular complexity index is 114. The Morgan fingerprint density at radius 2 is 2.30 bits per heavy atom. The Kier molecular flexibility index (Phi) is 3.79. The third-order valence-electron chi connectivity index (χ3n) is 1.05. The van der Waals surface area contributed by atoms with Crippen molar-refractivity contribution in [1.82, 2.24) is 4.90 Å². The zero-order valence-corrected chi connectivity index (χ0v) is 6.63. The first-order chi connectivity index (χ1) is 4.57. The van der Waals surface area contributed by atoms with E-state index >= 15 is 0 Å². The molecule has 0 heterocycles. The highest BCUT2D eigenvalue weighted by Crippen LogP contribution is 1.88. The van der Waals surface area contributed by atoms with E-state index in [-0.39, 0.29) is 12.1 Å². The highest BCUT2D eigenvalue weighted by molar-refractivity contribution is 5.66. The average molecular weight is 146 g/mol. The standard InChI is InChI=1S/C6H14N2O2/c1-5(7)4-8(2)6(9)10-3/h5H,4,7H2,1-3H3. The second-order valence-corrected chi connectivity index (χ2v) is 2.33. The van der Waals surface area contributed by atoms with E-state index in [4.69, 9.17) is 5.73 Å². The van der Waals surface area contributed by atoms with E-state index in [1.165, 1.54) is 12.0 Å². The van der Waals surface area contributed by atoms with Crippen molar-refractivity contribution in [3.8, 4) is 0 Å². The van der Waals surface area contributed by atoms with Crippen molar-refractivity contribution in [2.45, 2.75) is 13.0 Å². The summed E-state index contributed by atoms with van der Waals surface area (Å²) < 4.78 is 4.44. The van der Waals surface area contributed by atoms with Gasteiger partial charge in [0.05, 0.1) is 7.11 Å². The summed E-state index contributed by atoms with van der Waals surface area (Å²) in [5.74, 6) is 0. The van der Waals surface area contributed by atoms with Gasteiger partial charge < -0.3 is 15.4 Å². The zero-order chi connectivity index (χ0) is 8.15. The lowest BCUT2D eigenvalue weighted by molar-refractivity contribution is 0.131. The maximum Gasteiger partial charge on any atom is 0.409 e. The molecule has 0 aromatic rings. The fourth-order valence-electron chi connectivity index (χ4n) is 0.662. The topological polar surface area (TPSA) is 55.6 Å². The summed E-state index contributed by atoms with van der Waals surface area (Å²) in [6.07, 6.45) is -0.350. The van der Waals surface area contributed by atoms with E-state index in [9.17, 15) is 4.79 Å².